The molecule has 1 aromatic heterocycles. The molecule has 4 heteroatoms. The van der Waals surface area contributed by atoms with Crippen molar-refractivity contribution < 1.29 is 9.50 Å². The van der Waals surface area contributed by atoms with Crippen LogP contribution in [0.25, 0.3) is 0 Å². The summed E-state index contributed by atoms with van der Waals surface area (Å²) in [6.07, 6.45) is 0.507. The Morgan fingerprint density at radius 1 is 1.25 bits per heavy atom. The zero-order valence-electron chi connectivity index (χ0n) is 8.27. The minimum atomic E-state index is -0.937. The number of nitrogens with zero attached hydrogens (tertiary/aromatic N) is 1. The molecule has 0 aliphatic heterocycles. The topological polar surface area (TPSA) is 33.1 Å². The Kier molecular flexibility index (Phi) is 3.17. The van der Waals surface area contributed by atoms with E-state index >= 15 is 0 Å². The van der Waals surface area contributed by atoms with Gasteiger partial charge in [0.05, 0.1) is 10.7 Å². The van der Waals surface area contributed by atoms with Crippen LogP contribution in [0.2, 0.25) is 5.02 Å². The Morgan fingerprint density at radius 3 is 2.69 bits per heavy atom. The number of hydrogen-bond donors (Lipinski definition) is 1. The first kappa shape index (κ1) is 11.0. The van der Waals surface area contributed by atoms with Gasteiger partial charge in [-0.1, -0.05) is 23.7 Å². The van der Waals surface area contributed by atoms with Gasteiger partial charge in [-0.3, -0.25) is 4.98 Å². The SMILES string of the molecule is OC(c1cccc(F)c1)c1ccc(Cl)cn1. The van der Waals surface area contributed by atoms with Crippen molar-refractivity contribution in [3.05, 3.63) is 64.7 Å². The molecule has 0 amide bonds. The molecule has 1 atom stereocenters. The van der Waals surface area contributed by atoms with Crippen molar-refractivity contribution >= 4 is 11.6 Å². The van der Waals surface area contributed by atoms with Crippen molar-refractivity contribution in [1.29, 1.82) is 0 Å². The Hall–Kier alpha value is -1.45. The van der Waals surface area contributed by atoms with Crippen LogP contribution in [0.3, 0.4) is 0 Å². The maximum absolute atomic E-state index is 13.0. The smallest absolute Gasteiger partial charge is 0.123 e. The van der Waals surface area contributed by atoms with Crippen LogP contribution in [0, 0.1) is 5.82 Å². The molecule has 2 rings (SSSR count). The highest BCUT2D eigenvalue weighted by molar-refractivity contribution is 6.30. The third kappa shape index (κ3) is 2.38. The third-order valence-corrected chi connectivity index (χ3v) is 2.42. The summed E-state index contributed by atoms with van der Waals surface area (Å²) >= 11 is 5.68. The number of halogens is 2. The summed E-state index contributed by atoms with van der Waals surface area (Å²) in [4.78, 5) is 3.98. The van der Waals surface area contributed by atoms with Crippen LogP contribution in [0.5, 0.6) is 0 Å². The number of pyridine rings is 1. The molecule has 16 heavy (non-hydrogen) atoms. The van der Waals surface area contributed by atoms with Crippen molar-refractivity contribution in [2.24, 2.45) is 0 Å². The number of rotatable bonds is 2. The predicted octanol–water partition coefficient (Wildman–Crippen LogP) is 2.96. The van der Waals surface area contributed by atoms with E-state index in [0.717, 1.165) is 0 Å². The second-order valence-corrected chi connectivity index (χ2v) is 3.80. The minimum absolute atomic E-state index is 0.384. The number of aromatic nitrogens is 1. The van der Waals surface area contributed by atoms with Gasteiger partial charge in [-0.2, -0.15) is 0 Å². The summed E-state index contributed by atoms with van der Waals surface area (Å²) < 4.78 is 13.0. The van der Waals surface area contributed by atoms with Gasteiger partial charge in [-0.05, 0) is 29.8 Å². The maximum Gasteiger partial charge on any atom is 0.123 e. The molecule has 0 saturated carbocycles. The van der Waals surface area contributed by atoms with E-state index in [9.17, 15) is 9.50 Å². The van der Waals surface area contributed by atoms with Crippen molar-refractivity contribution in [1.82, 2.24) is 4.98 Å². The maximum atomic E-state index is 13.0. The van der Waals surface area contributed by atoms with Crippen LogP contribution in [-0.4, -0.2) is 10.1 Å². The molecular weight excluding hydrogens is 229 g/mol. The molecule has 1 heterocycles. The monoisotopic (exact) mass is 237 g/mol. The molecule has 0 aliphatic carbocycles. The number of hydrogen-bond acceptors (Lipinski definition) is 2. The van der Waals surface area contributed by atoms with Crippen LogP contribution in [-0.2, 0) is 0 Å². The highest BCUT2D eigenvalue weighted by Crippen LogP contribution is 2.21. The van der Waals surface area contributed by atoms with Crippen molar-refractivity contribution in [2.45, 2.75) is 6.10 Å². The minimum Gasteiger partial charge on any atom is -0.382 e. The van der Waals surface area contributed by atoms with E-state index < -0.39 is 6.10 Å². The van der Waals surface area contributed by atoms with Gasteiger partial charge in [-0.15, -0.1) is 0 Å². The fourth-order valence-electron chi connectivity index (χ4n) is 1.40. The van der Waals surface area contributed by atoms with Gasteiger partial charge in [0, 0.05) is 6.20 Å². The van der Waals surface area contributed by atoms with Crippen molar-refractivity contribution in [2.75, 3.05) is 0 Å². The van der Waals surface area contributed by atoms with E-state index in [4.69, 9.17) is 11.6 Å². The average molecular weight is 238 g/mol. The normalized spacial score (nSPS) is 12.4. The molecule has 0 radical (unpaired) electrons. The van der Waals surface area contributed by atoms with Crippen molar-refractivity contribution in [3.8, 4) is 0 Å². The molecule has 2 aromatic rings. The molecule has 82 valence electrons. The van der Waals surface area contributed by atoms with Gasteiger partial charge in [0.2, 0.25) is 0 Å². The molecule has 0 spiro atoms. The van der Waals surface area contributed by atoms with Gasteiger partial charge in [-0.25, -0.2) is 4.39 Å². The van der Waals surface area contributed by atoms with Gasteiger partial charge in [0.1, 0.15) is 11.9 Å². The quantitative estimate of drug-likeness (QED) is 0.871. The van der Waals surface area contributed by atoms with E-state index in [1.807, 2.05) is 0 Å². The summed E-state index contributed by atoms with van der Waals surface area (Å²) in [5, 5.41) is 10.4. The van der Waals surface area contributed by atoms with E-state index in [0.29, 0.717) is 16.3 Å². The summed E-state index contributed by atoms with van der Waals surface area (Å²) in [5.41, 5.74) is 0.907. The first-order chi connectivity index (χ1) is 7.66. The lowest BCUT2D eigenvalue weighted by molar-refractivity contribution is 0.215. The van der Waals surface area contributed by atoms with Crippen molar-refractivity contribution in [3.63, 3.8) is 0 Å². The van der Waals surface area contributed by atoms with Crippen LogP contribution in [0.1, 0.15) is 17.4 Å². The van der Waals surface area contributed by atoms with Crippen LogP contribution < -0.4 is 0 Å². The zero-order chi connectivity index (χ0) is 11.5. The Bertz CT molecular complexity index is 487. The highest BCUT2D eigenvalue weighted by atomic mass is 35.5. The highest BCUT2D eigenvalue weighted by Gasteiger charge is 2.11. The summed E-state index contributed by atoms with van der Waals surface area (Å²) in [7, 11) is 0. The summed E-state index contributed by atoms with van der Waals surface area (Å²) in [5.74, 6) is -0.384. The van der Waals surface area contributed by atoms with E-state index in [2.05, 4.69) is 4.98 Å². The molecule has 0 saturated heterocycles. The molecular formula is C12H9ClFNO. The zero-order valence-corrected chi connectivity index (χ0v) is 9.03. The Labute approximate surface area is 97.3 Å². The fraction of sp³-hybridized carbons (Fsp3) is 0.0833. The van der Waals surface area contributed by atoms with E-state index in [-0.39, 0.29) is 5.82 Å². The molecule has 2 nitrogen and oxygen atoms in total. The number of aliphatic hydroxyl groups is 1. The van der Waals surface area contributed by atoms with Crippen LogP contribution in [0.15, 0.2) is 42.6 Å². The second-order valence-electron chi connectivity index (χ2n) is 3.36. The van der Waals surface area contributed by atoms with Gasteiger partial charge in [0.15, 0.2) is 0 Å². The van der Waals surface area contributed by atoms with E-state index in [1.54, 1.807) is 24.3 Å². The van der Waals surface area contributed by atoms with Gasteiger partial charge < -0.3 is 5.11 Å². The molecule has 0 bridgehead atoms. The lowest BCUT2D eigenvalue weighted by Crippen LogP contribution is -2.02. The summed E-state index contributed by atoms with van der Waals surface area (Å²) in [6, 6.07) is 9.03. The second kappa shape index (κ2) is 4.60. The van der Waals surface area contributed by atoms with E-state index in [1.165, 1.54) is 18.3 Å². The molecule has 1 aromatic carbocycles. The molecule has 0 fully saturated rings. The number of aliphatic hydroxyl groups excluding tert-OH is 1. The Balaban J connectivity index is 2.31. The first-order valence-electron chi connectivity index (χ1n) is 4.72. The average Bonchev–Trinajstić information content (AvgIpc) is 2.29. The lowest BCUT2D eigenvalue weighted by Gasteiger charge is -2.10. The lowest BCUT2D eigenvalue weighted by atomic mass is 10.1. The predicted molar refractivity (Wildman–Crippen MR) is 59.7 cm³/mol. The molecule has 1 N–H and O–H groups in total. The fourth-order valence-corrected chi connectivity index (χ4v) is 1.51. The summed E-state index contributed by atoms with van der Waals surface area (Å²) in [6.45, 7) is 0. The first-order valence-corrected chi connectivity index (χ1v) is 5.09. The standard InChI is InChI=1S/C12H9ClFNO/c13-9-4-5-11(15-7-9)12(16)8-2-1-3-10(14)6-8/h1-7,12,16H. The largest absolute Gasteiger partial charge is 0.382 e. The number of benzene rings is 1. The molecule has 1 unspecified atom stereocenters. The molecule has 0 aliphatic rings. The van der Waals surface area contributed by atoms with Gasteiger partial charge >= 0.3 is 0 Å². The van der Waals surface area contributed by atoms with Gasteiger partial charge in [0.25, 0.3) is 0 Å². The Morgan fingerprint density at radius 2 is 2.06 bits per heavy atom. The van der Waals surface area contributed by atoms with Crippen LogP contribution >= 0.6 is 11.6 Å². The van der Waals surface area contributed by atoms with Crippen LogP contribution in [0.4, 0.5) is 4.39 Å². The third-order valence-electron chi connectivity index (χ3n) is 2.19.